The molecule has 1 atom stereocenters. The second-order valence-electron chi connectivity index (χ2n) is 5.80. The number of amides is 1. The fourth-order valence-electron chi connectivity index (χ4n) is 2.41. The van der Waals surface area contributed by atoms with E-state index in [1.165, 1.54) is 6.33 Å². The lowest BCUT2D eigenvalue weighted by Crippen LogP contribution is -2.22. The van der Waals surface area contributed by atoms with Crippen LogP contribution in [0.15, 0.2) is 59.7 Å². The van der Waals surface area contributed by atoms with Gasteiger partial charge in [-0.1, -0.05) is 25.1 Å². The molecule has 0 bridgehead atoms. The molecular weight excluding hydrogens is 318 g/mol. The van der Waals surface area contributed by atoms with Crippen molar-refractivity contribution in [2.24, 2.45) is 5.92 Å². The first-order valence-electron chi connectivity index (χ1n) is 8.09. The van der Waals surface area contributed by atoms with Crippen LogP contribution >= 0.6 is 0 Å². The fraction of sp³-hybridized carbons (Fsp3) is 0.211. The van der Waals surface area contributed by atoms with Crippen molar-refractivity contribution in [3.05, 3.63) is 65.2 Å². The number of benzene rings is 2. The second-order valence-corrected chi connectivity index (χ2v) is 5.80. The van der Waals surface area contributed by atoms with Crippen molar-refractivity contribution in [2.75, 3.05) is 11.9 Å². The maximum atomic E-state index is 12.3. The van der Waals surface area contributed by atoms with Crippen LogP contribution in [0.1, 0.15) is 13.3 Å². The fourth-order valence-corrected chi connectivity index (χ4v) is 2.41. The summed E-state index contributed by atoms with van der Waals surface area (Å²) < 4.78 is 5.62. The molecule has 0 aliphatic heterocycles. The number of carbonyl (C=O) groups is 1. The molecular formula is C19H19N3O3. The van der Waals surface area contributed by atoms with Crippen LogP contribution in [0.2, 0.25) is 0 Å². The maximum Gasteiger partial charge on any atom is 0.258 e. The van der Waals surface area contributed by atoms with Crippen molar-refractivity contribution in [1.82, 2.24) is 9.97 Å². The number of ether oxygens (including phenoxy) is 1. The van der Waals surface area contributed by atoms with Crippen LogP contribution < -0.4 is 15.6 Å². The largest absolute Gasteiger partial charge is 0.494 e. The first-order chi connectivity index (χ1) is 12.1. The molecule has 3 aromatic rings. The standard InChI is InChI=1S/C19H19N3O3/c1-13(9-10-25-15-5-3-2-4-6-15)18(23)22-14-7-8-17-16(11-14)19(24)21-12-20-17/h2-8,11-13H,9-10H2,1H3,(H,22,23)(H,20,21,24). The van der Waals surface area contributed by atoms with Gasteiger partial charge in [0.25, 0.3) is 5.56 Å². The zero-order valence-electron chi connectivity index (χ0n) is 13.9. The summed E-state index contributed by atoms with van der Waals surface area (Å²) in [5, 5.41) is 3.28. The van der Waals surface area contributed by atoms with Gasteiger partial charge in [0.15, 0.2) is 0 Å². The van der Waals surface area contributed by atoms with E-state index in [9.17, 15) is 9.59 Å². The summed E-state index contributed by atoms with van der Waals surface area (Å²) >= 11 is 0. The Labute approximate surface area is 144 Å². The van der Waals surface area contributed by atoms with Gasteiger partial charge in [-0.15, -0.1) is 0 Å². The lowest BCUT2D eigenvalue weighted by molar-refractivity contribution is -0.119. The monoisotopic (exact) mass is 337 g/mol. The average molecular weight is 337 g/mol. The number of H-pyrrole nitrogens is 1. The molecule has 3 rings (SSSR count). The summed E-state index contributed by atoms with van der Waals surface area (Å²) in [6.45, 7) is 2.30. The number of aromatic amines is 1. The number of hydrogen-bond donors (Lipinski definition) is 2. The first kappa shape index (κ1) is 16.7. The second kappa shape index (κ2) is 7.61. The molecule has 0 aliphatic carbocycles. The Kier molecular flexibility index (Phi) is 5.09. The molecule has 1 heterocycles. The van der Waals surface area contributed by atoms with Crippen LogP contribution in [0, 0.1) is 5.92 Å². The van der Waals surface area contributed by atoms with Gasteiger partial charge in [-0.2, -0.15) is 0 Å². The Morgan fingerprint density at radius 2 is 2.04 bits per heavy atom. The van der Waals surface area contributed by atoms with Crippen molar-refractivity contribution in [1.29, 1.82) is 0 Å². The molecule has 6 nitrogen and oxygen atoms in total. The topological polar surface area (TPSA) is 84.1 Å². The predicted octanol–water partition coefficient (Wildman–Crippen LogP) is 2.97. The third-order valence-electron chi connectivity index (χ3n) is 3.92. The van der Waals surface area contributed by atoms with E-state index in [1.807, 2.05) is 37.3 Å². The minimum atomic E-state index is -0.231. The Bertz CT molecular complexity index is 922. The number of carbonyl (C=O) groups excluding carboxylic acids is 1. The Balaban J connectivity index is 1.58. The van der Waals surface area contributed by atoms with E-state index in [2.05, 4.69) is 15.3 Å². The van der Waals surface area contributed by atoms with E-state index in [0.717, 1.165) is 5.75 Å². The van der Waals surface area contributed by atoms with Crippen molar-refractivity contribution >= 4 is 22.5 Å². The van der Waals surface area contributed by atoms with Crippen LogP contribution in [0.4, 0.5) is 5.69 Å². The number of fused-ring (bicyclic) bond motifs is 1. The highest BCUT2D eigenvalue weighted by atomic mass is 16.5. The number of nitrogens with one attached hydrogen (secondary N) is 2. The quantitative estimate of drug-likeness (QED) is 0.724. The number of rotatable bonds is 6. The van der Waals surface area contributed by atoms with Crippen molar-refractivity contribution in [2.45, 2.75) is 13.3 Å². The molecule has 25 heavy (non-hydrogen) atoms. The SMILES string of the molecule is CC(CCOc1ccccc1)C(=O)Nc1ccc2nc[nH]c(=O)c2c1. The van der Waals surface area contributed by atoms with Gasteiger partial charge in [0.05, 0.1) is 23.8 Å². The highest BCUT2D eigenvalue weighted by Crippen LogP contribution is 2.16. The molecule has 1 aromatic heterocycles. The minimum Gasteiger partial charge on any atom is -0.494 e. The van der Waals surface area contributed by atoms with Gasteiger partial charge in [-0.25, -0.2) is 4.98 Å². The van der Waals surface area contributed by atoms with Crippen LogP contribution in [0.5, 0.6) is 5.75 Å². The smallest absolute Gasteiger partial charge is 0.258 e. The molecule has 2 N–H and O–H groups in total. The van der Waals surface area contributed by atoms with E-state index < -0.39 is 0 Å². The number of para-hydroxylation sites is 1. The highest BCUT2D eigenvalue weighted by Gasteiger charge is 2.14. The molecule has 0 fully saturated rings. The van der Waals surface area contributed by atoms with E-state index in [-0.39, 0.29) is 17.4 Å². The molecule has 0 saturated carbocycles. The van der Waals surface area contributed by atoms with E-state index in [4.69, 9.17) is 4.74 Å². The summed E-state index contributed by atoms with van der Waals surface area (Å²) in [6.07, 6.45) is 1.95. The zero-order chi connectivity index (χ0) is 17.6. The van der Waals surface area contributed by atoms with Crippen molar-refractivity contribution in [3.8, 4) is 5.75 Å². The van der Waals surface area contributed by atoms with Gasteiger partial charge < -0.3 is 15.0 Å². The Hall–Kier alpha value is -3.15. The summed E-state index contributed by atoms with van der Waals surface area (Å²) in [7, 11) is 0. The number of anilines is 1. The molecule has 0 radical (unpaired) electrons. The first-order valence-corrected chi connectivity index (χ1v) is 8.09. The molecule has 0 saturated heterocycles. The summed E-state index contributed by atoms with van der Waals surface area (Å²) in [6, 6.07) is 14.6. The number of hydrogen-bond acceptors (Lipinski definition) is 4. The minimum absolute atomic E-state index is 0.115. The molecule has 0 spiro atoms. The number of nitrogens with zero attached hydrogens (tertiary/aromatic N) is 1. The van der Waals surface area contributed by atoms with Gasteiger partial charge in [0, 0.05) is 11.6 Å². The van der Waals surface area contributed by atoms with Gasteiger partial charge >= 0.3 is 0 Å². The molecule has 0 aliphatic rings. The predicted molar refractivity (Wildman–Crippen MR) is 96.7 cm³/mol. The van der Waals surface area contributed by atoms with E-state index in [1.54, 1.807) is 18.2 Å². The Morgan fingerprint density at radius 3 is 2.84 bits per heavy atom. The molecule has 2 aromatic carbocycles. The van der Waals surface area contributed by atoms with Gasteiger partial charge in [0.2, 0.25) is 5.91 Å². The van der Waals surface area contributed by atoms with Gasteiger partial charge in [-0.3, -0.25) is 9.59 Å². The highest BCUT2D eigenvalue weighted by molar-refractivity contribution is 5.94. The lowest BCUT2D eigenvalue weighted by atomic mass is 10.1. The third kappa shape index (κ3) is 4.23. The van der Waals surface area contributed by atoms with E-state index in [0.29, 0.717) is 29.6 Å². The molecule has 6 heteroatoms. The number of aromatic nitrogens is 2. The van der Waals surface area contributed by atoms with Crippen molar-refractivity contribution < 1.29 is 9.53 Å². The summed E-state index contributed by atoms with van der Waals surface area (Å²) in [5.74, 6) is 0.458. The lowest BCUT2D eigenvalue weighted by Gasteiger charge is -2.13. The van der Waals surface area contributed by atoms with Gasteiger partial charge in [-0.05, 0) is 36.8 Å². The van der Waals surface area contributed by atoms with Gasteiger partial charge in [0.1, 0.15) is 5.75 Å². The molecule has 128 valence electrons. The maximum absolute atomic E-state index is 12.3. The molecule has 1 amide bonds. The van der Waals surface area contributed by atoms with E-state index >= 15 is 0 Å². The average Bonchev–Trinajstić information content (AvgIpc) is 2.63. The normalized spacial score (nSPS) is 11.9. The third-order valence-corrected chi connectivity index (χ3v) is 3.92. The Morgan fingerprint density at radius 1 is 1.24 bits per heavy atom. The van der Waals surface area contributed by atoms with Crippen LogP contribution in [0.25, 0.3) is 10.9 Å². The molecule has 1 unspecified atom stereocenters. The van der Waals surface area contributed by atoms with Crippen LogP contribution in [-0.4, -0.2) is 22.5 Å². The zero-order valence-corrected chi connectivity index (χ0v) is 13.9. The summed E-state index contributed by atoms with van der Waals surface area (Å²) in [5.41, 5.74) is 0.934. The van der Waals surface area contributed by atoms with Crippen LogP contribution in [-0.2, 0) is 4.79 Å². The van der Waals surface area contributed by atoms with Crippen LogP contribution in [0.3, 0.4) is 0 Å². The summed E-state index contributed by atoms with van der Waals surface area (Å²) in [4.78, 5) is 30.7. The van der Waals surface area contributed by atoms with Crippen molar-refractivity contribution in [3.63, 3.8) is 0 Å².